The van der Waals surface area contributed by atoms with Gasteiger partial charge < -0.3 is 15.0 Å². The van der Waals surface area contributed by atoms with E-state index in [0.29, 0.717) is 11.7 Å². The van der Waals surface area contributed by atoms with Gasteiger partial charge in [0.15, 0.2) is 12.3 Å². The molecule has 0 saturated heterocycles. The van der Waals surface area contributed by atoms with Crippen LogP contribution in [0.1, 0.15) is 31.3 Å². The third-order valence-electron chi connectivity index (χ3n) is 3.55. The molecule has 0 bridgehead atoms. The maximum absolute atomic E-state index is 11.9. The van der Waals surface area contributed by atoms with E-state index in [9.17, 15) is 9.59 Å². The molecule has 0 aliphatic carbocycles. The van der Waals surface area contributed by atoms with Gasteiger partial charge in [-0.25, -0.2) is 9.78 Å². The summed E-state index contributed by atoms with van der Waals surface area (Å²) in [6, 6.07) is 7.94. The molecule has 1 aromatic carbocycles. The number of esters is 1. The fourth-order valence-electron chi connectivity index (χ4n) is 2.39. The molecule has 2 aromatic rings. The number of nitrogens with zero attached hydrogens (tertiary/aromatic N) is 3. The highest BCUT2D eigenvalue weighted by Crippen LogP contribution is 2.19. The molecule has 0 aliphatic rings. The van der Waals surface area contributed by atoms with Crippen LogP contribution in [0, 0.1) is 0 Å². The highest BCUT2D eigenvalue weighted by Gasteiger charge is 2.12. The molecule has 0 atom stereocenters. The predicted molar refractivity (Wildman–Crippen MR) is 95.5 cm³/mol. The van der Waals surface area contributed by atoms with Crippen LogP contribution in [0.15, 0.2) is 42.9 Å². The molecule has 1 heterocycles. The smallest absolute Gasteiger partial charge is 0.359 e. The second-order valence-corrected chi connectivity index (χ2v) is 5.64. The van der Waals surface area contributed by atoms with Crippen LogP contribution in [0.2, 0.25) is 0 Å². The Balaban J connectivity index is 1.87. The first kappa shape index (κ1) is 18.4. The van der Waals surface area contributed by atoms with Gasteiger partial charge in [0.25, 0.3) is 5.91 Å². The van der Waals surface area contributed by atoms with E-state index in [1.165, 1.54) is 18.6 Å². The number of benzene rings is 1. The number of amides is 1. The Labute approximate surface area is 147 Å². The van der Waals surface area contributed by atoms with Gasteiger partial charge in [-0.3, -0.25) is 9.78 Å². The third-order valence-corrected chi connectivity index (χ3v) is 3.55. The molecule has 1 aromatic heterocycles. The lowest BCUT2D eigenvalue weighted by atomic mass is 10.2. The summed E-state index contributed by atoms with van der Waals surface area (Å²) in [6.45, 7) is 6.88. The van der Waals surface area contributed by atoms with Crippen molar-refractivity contribution in [3.8, 4) is 0 Å². The van der Waals surface area contributed by atoms with Crippen LogP contribution in [0.4, 0.5) is 11.4 Å². The standard InChI is InChI=1S/C18H22N4O3/c1-4-22(13(2)3)15-7-5-14(6-8-15)21-17(23)12-25-18(24)16-11-19-9-10-20-16/h5-11,13H,4,12H2,1-3H3,(H,21,23). The van der Waals surface area contributed by atoms with Crippen molar-refractivity contribution in [3.05, 3.63) is 48.5 Å². The highest BCUT2D eigenvalue weighted by molar-refractivity contribution is 5.94. The van der Waals surface area contributed by atoms with Gasteiger partial charge in [0.2, 0.25) is 0 Å². The molecular formula is C18H22N4O3. The monoisotopic (exact) mass is 342 g/mol. The number of carbonyl (C=O) groups is 2. The van der Waals surface area contributed by atoms with Gasteiger partial charge >= 0.3 is 5.97 Å². The molecule has 0 radical (unpaired) electrons. The van der Waals surface area contributed by atoms with Crippen molar-refractivity contribution in [1.29, 1.82) is 0 Å². The molecule has 1 N–H and O–H groups in total. The zero-order valence-electron chi connectivity index (χ0n) is 14.6. The lowest BCUT2D eigenvalue weighted by molar-refractivity contribution is -0.119. The molecule has 0 saturated carbocycles. The summed E-state index contributed by atoms with van der Waals surface area (Å²) in [5.74, 6) is -1.10. The molecule has 1 amide bonds. The lowest BCUT2D eigenvalue weighted by Gasteiger charge is -2.27. The van der Waals surface area contributed by atoms with E-state index in [2.05, 4.69) is 41.0 Å². The van der Waals surface area contributed by atoms with Crippen molar-refractivity contribution in [3.63, 3.8) is 0 Å². The fraction of sp³-hybridized carbons (Fsp3) is 0.333. The molecular weight excluding hydrogens is 320 g/mol. The summed E-state index contributed by atoms with van der Waals surface area (Å²) in [4.78, 5) is 33.4. The Morgan fingerprint density at radius 1 is 1.20 bits per heavy atom. The highest BCUT2D eigenvalue weighted by atomic mass is 16.5. The topological polar surface area (TPSA) is 84.4 Å². The average Bonchev–Trinajstić information content (AvgIpc) is 2.62. The molecule has 7 nitrogen and oxygen atoms in total. The van der Waals surface area contributed by atoms with Crippen LogP contribution in [0.5, 0.6) is 0 Å². The van der Waals surface area contributed by atoms with E-state index >= 15 is 0 Å². The predicted octanol–water partition coefficient (Wildman–Crippen LogP) is 2.51. The molecule has 25 heavy (non-hydrogen) atoms. The lowest BCUT2D eigenvalue weighted by Crippen LogP contribution is -2.30. The second-order valence-electron chi connectivity index (χ2n) is 5.64. The minimum absolute atomic E-state index is 0.0630. The Bertz CT molecular complexity index is 702. The first-order valence-corrected chi connectivity index (χ1v) is 8.11. The number of anilines is 2. The number of hydrogen-bond acceptors (Lipinski definition) is 6. The minimum Gasteiger partial charge on any atom is -0.451 e. The van der Waals surface area contributed by atoms with Gasteiger partial charge in [-0.1, -0.05) is 0 Å². The van der Waals surface area contributed by atoms with E-state index < -0.39 is 11.9 Å². The fourth-order valence-corrected chi connectivity index (χ4v) is 2.39. The van der Waals surface area contributed by atoms with Crippen molar-refractivity contribution in [2.24, 2.45) is 0 Å². The van der Waals surface area contributed by atoms with Crippen molar-refractivity contribution >= 4 is 23.3 Å². The quantitative estimate of drug-likeness (QED) is 0.778. The molecule has 0 spiro atoms. The zero-order valence-corrected chi connectivity index (χ0v) is 14.6. The van der Waals surface area contributed by atoms with Crippen LogP contribution >= 0.6 is 0 Å². The summed E-state index contributed by atoms with van der Waals surface area (Å²) in [5, 5.41) is 2.69. The number of ether oxygens (including phenoxy) is 1. The Morgan fingerprint density at radius 3 is 2.48 bits per heavy atom. The minimum atomic E-state index is -0.686. The first-order valence-electron chi connectivity index (χ1n) is 8.11. The number of aromatic nitrogens is 2. The third kappa shape index (κ3) is 5.27. The van der Waals surface area contributed by atoms with E-state index in [1.807, 2.05) is 24.3 Å². The molecule has 2 rings (SSSR count). The SMILES string of the molecule is CCN(c1ccc(NC(=O)COC(=O)c2cnccn2)cc1)C(C)C. The number of hydrogen-bond donors (Lipinski definition) is 1. The van der Waals surface area contributed by atoms with E-state index in [4.69, 9.17) is 4.74 Å². The van der Waals surface area contributed by atoms with Crippen molar-refractivity contribution in [1.82, 2.24) is 9.97 Å². The summed E-state index contributed by atoms with van der Waals surface area (Å²) in [6.07, 6.45) is 4.12. The first-order chi connectivity index (χ1) is 12.0. The molecule has 0 unspecified atom stereocenters. The number of nitrogens with one attached hydrogen (secondary N) is 1. The molecule has 7 heteroatoms. The van der Waals surface area contributed by atoms with E-state index in [-0.39, 0.29) is 12.3 Å². The Morgan fingerprint density at radius 2 is 1.92 bits per heavy atom. The van der Waals surface area contributed by atoms with Crippen LogP contribution in [0.25, 0.3) is 0 Å². The van der Waals surface area contributed by atoms with Crippen molar-refractivity contribution < 1.29 is 14.3 Å². The molecule has 0 aliphatic heterocycles. The zero-order chi connectivity index (χ0) is 18.2. The van der Waals surface area contributed by atoms with Gasteiger partial charge in [0, 0.05) is 36.4 Å². The van der Waals surface area contributed by atoms with Gasteiger partial charge in [-0.2, -0.15) is 0 Å². The second kappa shape index (κ2) is 8.77. The van der Waals surface area contributed by atoms with Crippen molar-refractivity contribution in [2.75, 3.05) is 23.4 Å². The van der Waals surface area contributed by atoms with Gasteiger partial charge in [0.05, 0.1) is 6.20 Å². The average molecular weight is 342 g/mol. The van der Waals surface area contributed by atoms with Crippen LogP contribution < -0.4 is 10.2 Å². The number of carbonyl (C=O) groups excluding carboxylic acids is 2. The van der Waals surface area contributed by atoms with Gasteiger partial charge in [0.1, 0.15) is 0 Å². The van der Waals surface area contributed by atoms with E-state index in [1.54, 1.807) is 0 Å². The maximum atomic E-state index is 11.9. The van der Waals surface area contributed by atoms with E-state index in [0.717, 1.165) is 12.2 Å². The largest absolute Gasteiger partial charge is 0.451 e. The van der Waals surface area contributed by atoms with Crippen molar-refractivity contribution in [2.45, 2.75) is 26.8 Å². The normalized spacial score (nSPS) is 10.4. The maximum Gasteiger partial charge on any atom is 0.359 e. The van der Waals surface area contributed by atoms with Gasteiger partial charge in [-0.15, -0.1) is 0 Å². The summed E-state index contributed by atoms with van der Waals surface area (Å²) >= 11 is 0. The molecule has 0 fully saturated rings. The summed E-state index contributed by atoms with van der Waals surface area (Å²) < 4.78 is 4.91. The number of rotatable bonds is 7. The van der Waals surface area contributed by atoms with Crippen LogP contribution in [-0.2, 0) is 9.53 Å². The Hall–Kier alpha value is -2.96. The summed E-state index contributed by atoms with van der Waals surface area (Å²) in [5.41, 5.74) is 1.79. The molecule has 132 valence electrons. The summed E-state index contributed by atoms with van der Waals surface area (Å²) in [7, 11) is 0. The van der Waals surface area contributed by atoms with Crippen LogP contribution in [-0.4, -0.2) is 41.0 Å². The van der Waals surface area contributed by atoms with Gasteiger partial charge in [-0.05, 0) is 45.0 Å². The Kier molecular flexibility index (Phi) is 6.45. The van der Waals surface area contributed by atoms with Crippen LogP contribution in [0.3, 0.4) is 0 Å².